The van der Waals surface area contributed by atoms with Gasteiger partial charge in [-0.15, -0.1) is 0 Å². The van der Waals surface area contributed by atoms with Crippen LogP contribution in [-0.4, -0.2) is 9.97 Å². The molecule has 0 amide bonds. The van der Waals surface area contributed by atoms with Gasteiger partial charge in [0, 0.05) is 5.69 Å². The minimum absolute atomic E-state index is 0.709. The van der Waals surface area contributed by atoms with Crippen molar-refractivity contribution in [2.45, 2.75) is 20.4 Å². The molecule has 4 heteroatoms. The zero-order valence-corrected chi connectivity index (χ0v) is 11.8. The van der Waals surface area contributed by atoms with Crippen LogP contribution in [0, 0.1) is 13.8 Å². The number of benzene rings is 1. The second-order valence-corrected chi connectivity index (χ2v) is 5.64. The van der Waals surface area contributed by atoms with E-state index in [1.54, 1.807) is 11.3 Å². The van der Waals surface area contributed by atoms with Crippen LogP contribution in [0.3, 0.4) is 0 Å². The van der Waals surface area contributed by atoms with Crippen LogP contribution in [0.5, 0.6) is 0 Å². The van der Waals surface area contributed by atoms with Gasteiger partial charge in [-0.05, 0) is 43.7 Å². The molecule has 3 nitrogen and oxygen atoms in total. The van der Waals surface area contributed by atoms with Crippen molar-refractivity contribution in [2.24, 2.45) is 0 Å². The van der Waals surface area contributed by atoms with E-state index < -0.39 is 0 Å². The molecular weight excluding hydrogens is 254 g/mol. The summed E-state index contributed by atoms with van der Waals surface area (Å²) in [6.45, 7) is 4.81. The first-order chi connectivity index (χ1) is 9.20. The minimum atomic E-state index is 0.709. The molecule has 0 unspecified atom stereocenters. The van der Waals surface area contributed by atoms with Crippen molar-refractivity contribution in [1.29, 1.82) is 0 Å². The highest BCUT2D eigenvalue weighted by atomic mass is 32.1. The molecule has 1 aromatic carbocycles. The molecule has 2 aromatic heterocycles. The Balaban J connectivity index is 1.78. The molecule has 0 aliphatic carbocycles. The van der Waals surface area contributed by atoms with Crippen molar-refractivity contribution >= 4 is 26.7 Å². The third kappa shape index (κ3) is 2.74. The average molecular weight is 269 g/mol. The number of fused-ring (bicyclic) bond motifs is 1. The highest BCUT2D eigenvalue weighted by Gasteiger charge is 2.04. The molecule has 0 spiro atoms. The van der Waals surface area contributed by atoms with E-state index >= 15 is 0 Å². The van der Waals surface area contributed by atoms with Gasteiger partial charge < -0.3 is 5.32 Å². The van der Waals surface area contributed by atoms with E-state index in [9.17, 15) is 0 Å². The normalized spacial score (nSPS) is 10.8. The Labute approximate surface area is 116 Å². The molecule has 3 aromatic rings. The molecule has 3 rings (SSSR count). The number of hydrogen-bond donors (Lipinski definition) is 1. The SMILES string of the molecule is Cc1ccc2nc(NCc3cccc(C)n3)sc2c1. The Morgan fingerprint density at radius 1 is 1.11 bits per heavy atom. The fourth-order valence-electron chi connectivity index (χ4n) is 1.97. The Morgan fingerprint density at radius 2 is 2.00 bits per heavy atom. The molecular formula is C15H15N3S. The van der Waals surface area contributed by atoms with E-state index in [0.717, 1.165) is 22.0 Å². The van der Waals surface area contributed by atoms with Gasteiger partial charge in [-0.1, -0.05) is 23.5 Å². The first-order valence-electron chi connectivity index (χ1n) is 6.24. The number of hydrogen-bond acceptors (Lipinski definition) is 4. The third-order valence-corrected chi connectivity index (χ3v) is 3.89. The standard InChI is InChI=1S/C15H15N3S/c1-10-6-7-13-14(8-10)19-15(18-13)16-9-12-5-3-4-11(2)17-12/h3-8H,9H2,1-2H3,(H,16,18). The molecule has 0 aliphatic rings. The molecule has 0 saturated heterocycles. The van der Waals surface area contributed by atoms with E-state index in [1.807, 2.05) is 25.1 Å². The number of thiazole rings is 1. The monoisotopic (exact) mass is 269 g/mol. The van der Waals surface area contributed by atoms with Crippen molar-refractivity contribution in [2.75, 3.05) is 5.32 Å². The Kier molecular flexibility index (Phi) is 3.17. The van der Waals surface area contributed by atoms with Crippen LogP contribution in [0.25, 0.3) is 10.2 Å². The van der Waals surface area contributed by atoms with Crippen molar-refractivity contribution in [1.82, 2.24) is 9.97 Å². The van der Waals surface area contributed by atoms with Gasteiger partial charge in [-0.3, -0.25) is 4.98 Å². The Morgan fingerprint density at radius 3 is 2.84 bits per heavy atom. The quantitative estimate of drug-likeness (QED) is 0.783. The second kappa shape index (κ2) is 4.97. The number of nitrogens with zero attached hydrogens (tertiary/aromatic N) is 2. The van der Waals surface area contributed by atoms with Gasteiger partial charge in [0.05, 0.1) is 22.5 Å². The molecule has 0 bridgehead atoms. The van der Waals surface area contributed by atoms with Crippen molar-refractivity contribution in [3.8, 4) is 0 Å². The third-order valence-electron chi connectivity index (χ3n) is 2.91. The summed E-state index contributed by atoms with van der Waals surface area (Å²) in [5, 5.41) is 4.29. The molecule has 0 fully saturated rings. The van der Waals surface area contributed by atoms with Crippen LogP contribution in [0.1, 0.15) is 17.0 Å². The molecule has 2 heterocycles. The fraction of sp³-hybridized carbons (Fsp3) is 0.200. The van der Waals surface area contributed by atoms with Crippen LogP contribution in [0.2, 0.25) is 0 Å². The van der Waals surface area contributed by atoms with Crippen LogP contribution in [0.4, 0.5) is 5.13 Å². The maximum absolute atomic E-state index is 4.57. The molecule has 0 atom stereocenters. The predicted octanol–water partition coefficient (Wildman–Crippen LogP) is 3.92. The lowest BCUT2D eigenvalue weighted by atomic mass is 10.2. The lowest BCUT2D eigenvalue weighted by Gasteiger charge is -2.02. The van der Waals surface area contributed by atoms with Crippen molar-refractivity contribution in [3.63, 3.8) is 0 Å². The molecule has 0 saturated carbocycles. The topological polar surface area (TPSA) is 37.8 Å². The van der Waals surface area contributed by atoms with Gasteiger partial charge in [-0.2, -0.15) is 0 Å². The fourth-order valence-corrected chi connectivity index (χ4v) is 2.93. The van der Waals surface area contributed by atoms with E-state index in [2.05, 4.69) is 40.4 Å². The molecule has 19 heavy (non-hydrogen) atoms. The number of anilines is 1. The van der Waals surface area contributed by atoms with Crippen molar-refractivity contribution in [3.05, 3.63) is 53.3 Å². The smallest absolute Gasteiger partial charge is 0.184 e. The number of aryl methyl sites for hydroxylation is 2. The maximum atomic E-state index is 4.57. The van der Waals surface area contributed by atoms with E-state index in [4.69, 9.17) is 0 Å². The van der Waals surface area contributed by atoms with Crippen LogP contribution in [0.15, 0.2) is 36.4 Å². The van der Waals surface area contributed by atoms with Crippen LogP contribution < -0.4 is 5.32 Å². The number of nitrogens with one attached hydrogen (secondary N) is 1. The highest BCUT2D eigenvalue weighted by Crippen LogP contribution is 2.26. The zero-order valence-electron chi connectivity index (χ0n) is 11.0. The number of rotatable bonds is 3. The molecule has 1 N–H and O–H groups in total. The van der Waals surface area contributed by atoms with E-state index in [-0.39, 0.29) is 0 Å². The van der Waals surface area contributed by atoms with Gasteiger partial charge in [0.1, 0.15) is 0 Å². The Bertz CT molecular complexity index is 718. The van der Waals surface area contributed by atoms with Gasteiger partial charge in [0.15, 0.2) is 5.13 Å². The first kappa shape index (κ1) is 12.1. The summed E-state index contributed by atoms with van der Waals surface area (Å²) in [5.74, 6) is 0. The summed E-state index contributed by atoms with van der Waals surface area (Å²) < 4.78 is 1.22. The van der Waals surface area contributed by atoms with Crippen molar-refractivity contribution < 1.29 is 0 Å². The number of pyridine rings is 1. The first-order valence-corrected chi connectivity index (χ1v) is 7.06. The molecule has 0 aliphatic heterocycles. The van der Waals surface area contributed by atoms with Gasteiger partial charge in [0.2, 0.25) is 0 Å². The molecule has 96 valence electrons. The van der Waals surface area contributed by atoms with Crippen LogP contribution in [-0.2, 0) is 6.54 Å². The minimum Gasteiger partial charge on any atom is -0.356 e. The number of aromatic nitrogens is 2. The summed E-state index contributed by atoms with van der Waals surface area (Å²) in [6.07, 6.45) is 0. The summed E-state index contributed by atoms with van der Waals surface area (Å²) in [6, 6.07) is 12.4. The largest absolute Gasteiger partial charge is 0.356 e. The molecule has 0 radical (unpaired) electrons. The summed E-state index contributed by atoms with van der Waals surface area (Å²) in [4.78, 5) is 9.04. The summed E-state index contributed by atoms with van der Waals surface area (Å²) >= 11 is 1.68. The van der Waals surface area contributed by atoms with E-state index in [1.165, 1.54) is 10.3 Å². The zero-order chi connectivity index (χ0) is 13.2. The van der Waals surface area contributed by atoms with Gasteiger partial charge >= 0.3 is 0 Å². The average Bonchev–Trinajstić information content (AvgIpc) is 2.78. The predicted molar refractivity (Wildman–Crippen MR) is 80.7 cm³/mol. The van der Waals surface area contributed by atoms with E-state index in [0.29, 0.717) is 6.54 Å². The van der Waals surface area contributed by atoms with Crippen LogP contribution >= 0.6 is 11.3 Å². The summed E-state index contributed by atoms with van der Waals surface area (Å²) in [5.41, 5.74) is 4.40. The van der Waals surface area contributed by atoms with Gasteiger partial charge in [-0.25, -0.2) is 4.98 Å². The van der Waals surface area contributed by atoms with Gasteiger partial charge in [0.25, 0.3) is 0 Å². The highest BCUT2D eigenvalue weighted by molar-refractivity contribution is 7.22. The lowest BCUT2D eigenvalue weighted by molar-refractivity contribution is 1.01. The second-order valence-electron chi connectivity index (χ2n) is 4.61. The summed E-state index contributed by atoms with van der Waals surface area (Å²) in [7, 11) is 0. The lowest BCUT2D eigenvalue weighted by Crippen LogP contribution is -2.01. The maximum Gasteiger partial charge on any atom is 0.184 e. The Hall–Kier alpha value is -1.94.